The minimum Gasteiger partial charge on any atom is -0.335 e. The molecular formula is C26H20F2N8. The van der Waals surface area contributed by atoms with Crippen molar-refractivity contribution in [3.8, 4) is 33.9 Å². The van der Waals surface area contributed by atoms with Gasteiger partial charge in [-0.2, -0.15) is 5.10 Å². The first-order valence-corrected chi connectivity index (χ1v) is 11.4. The van der Waals surface area contributed by atoms with Gasteiger partial charge in [0.2, 0.25) is 0 Å². The van der Waals surface area contributed by atoms with Crippen molar-refractivity contribution in [3.63, 3.8) is 0 Å². The fourth-order valence-electron chi connectivity index (χ4n) is 4.25. The van der Waals surface area contributed by atoms with Gasteiger partial charge < -0.3 is 10.3 Å². The molecule has 0 bridgehead atoms. The van der Waals surface area contributed by atoms with E-state index in [-0.39, 0.29) is 16.9 Å². The van der Waals surface area contributed by atoms with Gasteiger partial charge in [0.25, 0.3) is 0 Å². The van der Waals surface area contributed by atoms with E-state index in [1.54, 1.807) is 43.0 Å². The SMILES string of the molecule is CCNCc1cncc(-c2ncc3[nH]nc(-c4nc5c(-c6ccccc6F)cncc5[nH]4)c3c2F)c1. The van der Waals surface area contributed by atoms with E-state index in [2.05, 4.69) is 40.4 Å². The van der Waals surface area contributed by atoms with Crippen LogP contribution in [0.2, 0.25) is 0 Å². The molecule has 0 aliphatic rings. The predicted molar refractivity (Wildman–Crippen MR) is 133 cm³/mol. The largest absolute Gasteiger partial charge is 0.335 e. The summed E-state index contributed by atoms with van der Waals surface area (Å²) in [6.07, 6.45) is 8.01. The number of hydrogen-bond acceptors (Lipinski definition) is 6. The molecule has 0 amide bonds. The summed E-state index contributed by atoms with van der Waals surface area (Å²) in [5, 5.41) is 10.6. The van der Waals surface area contributed by atoms with Crippen LogP contribution in [0.1, 0.15) is 12.5 Å². The van der Waals surface area contributed by atoms with Crippen LogP contribution in [0, 0.1) is 11.6 Å². The molecule has 0 spiro atoms. The minimum absolute atomic E-state index is 0.167. The van der Waals surface area contributed by atoms with Crippen molar-refractivity contribution in [3.05, 3.63) is 78.5 Å². The number of aromatic amines is 2. The van der Waals surface area contributed by atoms with Crippen molar-refractivity contribution in [1.29, 1.82) is 0 Å². The third-order valence-corrected chi connectivity index (χ3v) is 5.97. The zero-order chi connectivity index (χ0) is 24.6. The molecule has 0 atom stereocenters. The smallest absolute Gasteiger partial charge is 0.161 e. The Kier molecular flexibility index (Phi) is 5.42. The number of imidazole rings is 1. The minimum atomic E-state index is -0.536. The van der Waals surface area contributed by atoms with Crippen LogP contribution in [0.5, 0.6) is 0 Å². The van der Waals surface area contributed by atoms with Crippen molar-refractivity contribution in [2.45, 2.75) is 13.5 Å². The molecule has 3 N–H and O–H groups in total. The summed E-state index contributed by atoms with van der Waals surface area (Å²) >= 11 is 0. The van der Waals surface area contributed by atoms with Gasteiger partial charge in [-0.05, 0) is 24.2 Å². The first-order valence-electron chi connectivity index (χ1n) is 11.4. The summed E-state index contributed by atoms with van der Waals surface area (Å²) in [7, 11) is 0. The van der Waals surface area contributed by atoms with Crippen LogP contribution in [0.15, 0.2) is 61.3 Å². The second-order valence-corrected chi connectivity index (χ2v) is 8.29. The standard InChI is InChI=1S/C26H20F2N8/c1-2-29-8-14-7-15(10-30-9-14)23-22(28)21-19(13-32-23)35-36-25(21)26-33-20-12-31-11-17(24(20)34-26)16-5-3-4-6-18(16)27/h3-7,9-13,29H,2,8H2,1H3,(H,33,34)(H,35,36). The Labute approximate surface area is 203 Å². The van der Waals surface area contributed by atoms with Gasteiger partial charge in [-0.25, -0.2) is 13.8 Å². The van der Waals surface area contributed by atoms with Crippen LogP contribution < -0.4 is 5.32 Å². The van der Waals surface area contributed by atoms with Gasteiger partial charge in [0, 0.05) is 41.8 Å². The summed E-state index contributed by atoms with van der Waals surface area (Å²) in [6.45, 7) is 3.45. The lowest BCUT2D eigenvalue weighted by molar-refractivity contribution is 0.631. The van der Waals surface area contributed by atoms with Crippen LogP contribution >= 0.6 is 0 Å². The molecule has 36 heavy (non-hydrogen) atoms. The molecule has 5 aromatic heterocycles. The number of benzene rings is 1. The molecule has 0 unspecified atom stereocenters. The first-order chi connectivity index (χ1) is 17.6. The van der Waals surface area contributed by atoms with E-state index >= 15 is 4.39 Å². The van der Waals surface area contributed by atoms with Crippen LogP contribution in [0.3, 0.4) is 0 Å². The molecular weight excluding hydrogens is 462 g/mol. The van der Waals surface area contributed by atoms with E-state index < -0.39 is 5.82 Å². The second kappa shape index (κ2) is 8.90. The molecule has 10 heteroatoms. The number of nitrogens with zero attached hydrogens (tertiary/aromatic N) is 5. The van der Waals surface area contributed by atoms with Gasteiger partial charge in [-0.3, -0.25) is 20.1 Å². The number of H-pyrrole nitrogens is 2. The van der Waals surface area contributed by atoms with Gasteiger partial charge in [0.1, 0.15) is 22.7 Å². The summed E-state index contributed by atoms with van der Waals surface area (Å²) in [6, 6.07) is 8.28. The molecule has 0 fully saturated rings. The van der Waals surface area contributed by atoms with Gasteiger partial charge >= 0.3 is 0 Å². The third kappa shape index (κ3) is 3.68. The van der Waals surface area contributed by atoms with Crippen LogP contribution in [0.4, 0.5) is 8.78 Å². The Balaban J connectivity index is 1.48. The fourth-order valence-corrected chi connectivity index (χ4v) is 4.25. The molecule has 0 radical (unpaired) electrons. The average Bonchev–Trinajstić information content (AvgIpc) is 3.53. The normalized spacial score (nSPS) is 11.5. The Morgan fingerprint density at radius 3 is 2.64 bits per heavy atom. The van der Waals surface area contributed by atoms with E-state index in [0.717, 1.165) is 12.1 Å². The molecule has 6 aromatic rings. The van der Waals surface area contributed by atoms with Crippen molar-refractivity contribution < 1.29 is 8.78 Å². The quantitative estimate of drug-likeness (QED) is 0.308. The van der Waals surface area contributed by atoms with Crippen LogP contribution in [0.25, 0.3) is 55.8 Å². The van der Waals surface area contributed by atoms with Crippen LogP contribution in [-0.2, 0) is 6.54 Å². The highest BCUT2D eigenvalue weighted by Crippen LogP contribution is 2.34. The number of nitrogens with one attached hydrogen (secondary N) is 3. The molecule has 1 aromatic carbocycles. The van der Waals surface area contributed by atoms with Crippen molar-refractivity contribution >= 4 is 21.9 Å². The van der Waals surface area contributed by atoms with Gasteiger partial charge in [-0.1, -0.05) is 25.1 Å². The maximum Gasteiger partial charge on any atom is 0.161 e. The van der Waals surface area contributed by atoms with E-state index in [4.69, 9.17) is 0 Å². The topological polar surface area (TPSA) is 108 Å². The molecule has 8 nitrogen and oxygen atoms in total. The number of rotatable bonds is 6. The number of pyridine rings is 3. The monoisotopic (exact) mass is 482 g/mol. The molecule has 0 aliphatic carbocycles. The summed E-state index contributed by atoms with van der Waals surface area (Å²) < 4.78 is 30.4. The Hall–Kier alpha value is -4.57. The summed E-state index contributed by atoms with van der Waals surface area (Å²) in [5.74, 6) is -0.586. The zero-order valence-electron chi connectivity index (χ0n) is 19.2. The molecule has 178 valence electrons. The Morgan fingerprint density at radius 1 is 0.917 bits per heavy atom. The third-order valence-electron chi connectivity index (χ3n) is 5.97. The van der Waals surface area contributed by atoms with Crippen LogP contribution in [-0.4, -0.2) is 41.7 Å². The zero-order valence-corrected chi connectivity index (χ0v) is 19.2. The summed E-state index contributed by atoms with van der Waals surface area (Å²) in [4.78, 5) is 20.6. The molecule has 6 rings (SSSR count). The van der Waals surface area contributed by atoms with E-state index in [9.17, 15) is 4.39 Å². The van der Waals surface area contributed by atoms with E-state index in [1.165, 1.54) is 12.3 Å². The highest BCUT2D eigenvalue weighted by Gasteiger charge is 2.22. The first kappa shape index (κ1) is 21.9. The van der Waals surface area contributed by atoms with E-state index in [0.29, 0.717) is 51.3 Å². The van der Waals surface area contributed by atoms with E-state index in [1.807, 2.05) is 13.0 Å². The predicted octanol–water partition coefficient (Wildman–Crippen LogP) is 5.01. The van der Waals surface area contributed by atoms with Crippen molar-refractivity contribution in [2.75, 3.05) is 6.54 Å². The maximum absolute atomic E-state index is 15.9. The molecule has 0 saturated carbocycles. The molecule has 5 heterocycles. The summed E-state index contributed by atoms with van der Waals surface area (Å²) in [5.41, 5.74) is 4.37. The Bertz CT molecular complexity index is 1720. The van der Waals surface area contributed by atoms with Crippen molar-refractivity contribution in [1.82, 2.24) is 40.4 Å². The Morgan fingerprint density at radius 2 is 1.78 bits per heavy atom. The lowest BCUT2D eigenvalue weighted by Gasteiger charge is -2.07. The second-order valence-electron chi connectivity index (χ2n) is 8.29. The number of fused-ring (bicyclic) bond motifs is 2. The fraction of sp³-hybridized carbons (Fsp3) is 0.115. The number of hydrogen-bond donors (Lipinski definition) is 3. The highest BCUT2D eigenvalue weighted by atomic mass is 19.1. The molecule has 0 aliphatic heterocycles. The maximum atomic E-state index is 15.9. The highest BCUT2D eigenvalue weighted by molar-refractivity contribution is 5.97. The van der Waals surface area contributed by atoms with Crippen molar-refractivity contribution in [2.24, 2.45) is 0 Å². The lowest BCUT2D eigenvalue weighted by atomic mass is 10.1. The number of halogens is 2. The number of aromatic nitrogens is 7. The lowest BCUT2D eigenvalue weighted by Crippen LogP contribution is -2.11. The molecule has 0 saturated heterocycles. The average molecular weight is 482 g/mol. The van der Waals surface area contributed by atoms with Gasteiger partial charge in [0.15, 0.2) is 11.6 Å². The van der Waals surface area contributed by atoms with Gasteiger partial charge in [-0.15, -0.1) is 0 Å². The van der Waals surface area contributed by atoms with Gasteiger partial charge in [0.05, 0.1) is 28.8 Å².